The highest BCUT2D eigenvalue weighted by Gasteiger charge is 2.38. The minimum Gasteiger partial charge on any atom is -0.381 e. The number of carbonyl (C=O) groups is 2. The normalized spacial score (nSPS) is 19.0. The fourth-order valence-corrected chi connectivity index (χ4v) is 5.01. The van der Waals surface area contributed by atoms with Crippen LogP contribution in [0.25, 0.3) is 11.1 Å². The molecular weight excluding hydrogens is 546 g/mol. The molecule has 2 aromatic carbocycles. The number of amides is 2. The summed E-state index contributed by atoms with van der Waals surface area (Å²) < 4.78 is 40.6. The van der Waals surface area contributed by atoms with Gasteiger partial charge in [-0.25, -0.2) is 8.78 Å². The fourth-order valence-electron chi connectivity index (χ4n) is 5.01. The number of nitrogens with zero attached hydrogens (tertiary/aromatic N) is 2. The average Bonchev–Trinajstić information content (AvgIpc) is 2.98. The molecule has 0 bridgehead atoms. The first kappa shape index (κ1) is 31.0. The number of hydrogen-bond donors (Lipinski definition) is 4. The van der Waals surface area contributed by atoms with E-state index in [4.69, 9.17) is 20.9 Å². The van der Waals surface area contributed by atoms with Gasteiger partial charge in [0.1, 0.15) is 23.7 Å². The Bertz CT molecular complexity index is 1290. The molecule has 6 N–H and O–H groups in total. The number of halogens is 2. The molecule has 4 rings (SSSR count). The molecule has 0 unspecified atom stereocenters. The summed E-state index contributed by atoms with van der Waals surface area (Å²) >= 11 is 0. The summed E-state index contributed by atoms with van der Waals surface area (Å²) in [5.41, 5.74) is 11.3. The number of carbonyl (C=O) groups excluding carboxylic acids is 2. The van der Waals surface area contributed by atoms with E-state index in [1.165, 1.54) is 24.3 Å². The quantitative estimate of drug-likeness (QED) is 0.347. The van der Waals surface area contributed by atoms with E-state index >= 15 is 8.78 Å². The first-order chi connectivity index (χ1) is 20.1. The zero-order chi connectivity index (χ0) is 30.3. The second-order valence-electron chi connectivity index (χ2n) is 10.9. The van der Waals surface area contributed by atoms with Gasteiger partial charge in [-0.3, -0.25) is 9.59 Å². The molecule has 0 spiro atoms. The molecule has 2 aliphatic rings. The van der Waals surface area contributed by atoms with Crippen LogP contribution in [0.1, 0.15) is 36.8 Å². The minimum atomic E-state index is -1.14. The van der Waals surface area contributed by atoms with Crippen molar-refractivity contribution in [3.8, 4) is 23.3 Å². The van der Waals surface area contributed by atoms with Crippen LogP contribution in [0.4, 0.5) is 8.78 Å². The summed E-state index contributed by atoms with van der Waals surface area (Å²) in [6, 6.07) is 10.6. The van der Waals surface area contributed by atoms with Crippen molar-refractivity contribution in [3.05, 3.63) is 59.2 Å². The number of ether oxygens (including phenoxy) is 2. The van der Waals surface area contributed by atoms with Crippen molar-refractivity contribution in [3.63, 3.8) is 0 Å². The molecule has 0 saturated carbocycles. The van der Waals surface area contributed by atoms with Gasteiger partial charge in [-0.1, -0.05) is 24.3 Å². The van der Waals surface area contributed by atoms with Gasteiger partial charge in [0.25, 0.3) is 0 Å². The van der Waals surface area contributed by atoms with E-state index in [2.05, 4.69) is 10.6 Å². The van der Waals surface area contributed by atoms with Crippen molar-refractivity contribution >= 4 is 11.8 Å². The number of hydrogen-bond acceptors (Lipinski definition) is 8. The maximum absolute atomic E-state index is 15.1. The third-order valence-corrected chi connectivity index (χ3v) is 7.88. The van der Waals surface area contributed by atoms with Crippen LogP contribution in [0, 0.1) is 34.3 Å². The Morgan fingerprint density at radius 2 is 1.12 bits per heavy atom. The minimum absolute atomic E-state index is 0.0768. The molecule has 222 valence electrons. The van der Waals surface area contributed by atoms with Gasteiger partial charge in [0, 0.05) is 39.3 Å². The highest BCUT2D eigenvalue weighted by atomic mass is 19.1. The van der Waals surface area contributed by atoms with E-state index < -0.39 is 46.6 Å². The van der Waals surface area contributed by atoms with Gasteiger partial charge < -0.3 is 31.6 Å². The molecule has 0 aliphatic carbocycles. The molecule has 0 aromatic heterocycles. The van der Waals surface area contributed by atoms with Gasteiger partial charge in [-0.15, -0.1) is 0 Å². The van der Waals surface area contributed by atoms with Crippen LogP contribution in [-0.2, 0) is 31.9 Å². The molecule has 2 heterocycles. The van der Waals surface area contributed by atoms with Gasteiger partial charge in [-0.05, 0) is 60.1 Å². The van der Waals surface area contributed by atoms with Crippen molar-refractivity contribution in [2.75, 3.05) is 26.4 Å². The maximum atomic E-state index is 15.1. The van der Waals surface area contributed by atoms with Gasteiger partial charge in [-0.2, -0.15) is 10.5 Å². The Morgan fingerprint density at radius 1 is 0.762 bits per heavy atom. The van der Waals surface area contributed by atoms with Crippen LogP contribution in [0.3, 0.4) is 0 Å². The third kappa shape index (κ3) is 7.27. The SMILES string of the molecule is N#C[C@H](Cc1ccc(-c2ccc(C[C@@H](C#N)NC(=O)C3(N)CCOCC3)c(F)c2)cc1F)NC(=O)C1(N)CCOCC1. The second-order valence-corrected chi connectivity index (χ2v) is 10.9. The Balaban J connectivity index is 1.40. The summed E-state index contributed by atoms with van der Waals surface area (Å²) in [5, 5.41) is 24.3. The average molecular weight is 581 g/mol. The maximum Gasteiger partial charge on any atom is 0.241 e. The number of nitrogens with two attached hydrogens (primary N) is 2. The molecule has 2 amide bonds. The standard InChI is InChI=1S/C30H34F2N6O4/c31-25-15-19(1-3-21(25)13-23(17-33)37-27(39)29(35)5-9-41-10-6-29)20-2-4-22(26(32)16-20)14-24(18-34)38-28(40)30(36)7-11-42-12-8-30/h1-4,15-16,23-24H,5-14,35-36H2,(H,37,39)(H,38,40)/t23-,24-/m0/s1. The van der Waals surface area contributed by atoms with Crippen molar-refractivity contribution in [2.45, 2.75) is 61.7 Å². The van der Waals surface area contributed by atoms with Gasteiger partial charge in [0.2, 0.25) is 11.8 Å². The van der Waals surface area contributed by atoms with E-state index in [9.17, 15) is 20.1 Å². The Labute approximate surface area is 242 Å². The Hall–Kier alpha value is -3.94. The molecule has 2 saturated heterocycles. The van der Waals surface area contributed by atoms with E-state index in [1.54, 1.807) is 12.1 Å². The fraction of sp³-hybridized carbons (Fsp3) is 0.467. The summed E-state index contributed by atoms with van der Waals surface area (Å²) in [4.78, 5) is 25.3. The molecule has 2 fully saturated rings. The monoisotopic (exact) mass is 580 g/mol. The van der Waals surface area contributed by atoms with Gasteiger partial charge >= 0.3 is 0 Å². The highest BCUT2D eigenvalue weighted by molar-refractivity contribution is 5.87. The Morgan fingerprint density at radius 3 is 1.43 bits per heavy atom. The lowest BCUT2D eigenvalue weighted by Gasteiger charge is -2.32. The number of nitrogens with one attached hydrogen (secondary N) is 2. The Kier molecular flexibility index (Phi) is 9.86. The second kappa shape index (κ2) is 13.4. The van der Waals surface area contributed by atoms with Gasteiger partial charge in [0.05, 0.1) is 23.2 Å². The lowest BCUT2D eigenvalue weighted by Crippen LogP contribution is -2.58. The van der Waals surface area contributed by atoms with Crippen LogP contribution < -0.4 is 22.1 Å². The molecule has 2 aromatic rings. The molecule has 10 nitrogen and oxygen atoms in total. The van der Waals surface area contributed by atoms with Crippen LogP contribution in [0.5, 0.6) is 0 Å². The molecule has 0 radical (unpaired) electrons. The summed E-state index contributed by atoms with van der Waals surface area (Å²) in [6.45, 7) is 1.39. The van der Waals surface area contributed by atoms with Gasteiger partial charge in [0.15, 0.2) is 0 Å². The van der Waals surface area contributed by atoms with Crippen molar-refractivity contribution in [2.24, 2.45) is 11.5 Å². The van der Waals surface area contributed by atoms with E-state index in [1.807, 2.05) is 12.1 Å². The van der Waals surface area contributed by atoms with E-state index in [0.29, 0.717) is 63.2 Å². The topological polar surface area (TPSA) is 176 Å². The lowest BCUT2D eigenvalue weighted by atomic mass is 9.89. The lowest BCUT2D eigenvalue weighted by molar-refractivity contribution is -0.130. The highest BCUT2D eigenvalue weighted by Crippen LogP contribution is 2.26. The van der Waals surface area contributed by atoms with Crippen molar-refractivity contribution < 1.29 is 27.8 Å². The molecule has 2 aliphatic heterocycles. The van der Waals surface area contributed by atoms with E-state index in [0.717, 1.165) is 0 Å². The molecule has 12 heteroatoms. The first-order valence-electron chi connectivity index (χ1n) is 13.8. The predicted molar refractivity (Wildman–Crippen MR) is 148 cm³/mol. The predicted octanol–water partition coefficient (Wildman–Crippen LogP) is 1.75. The van der Waals surface area contributed by atoms with Crippen LogP contribution in [0.2, 0.25) is 0 Å². The number of benzene rings is 2. The zero-order valence-electron chi connectivity index (χ0n) is 23.1. The van der Waals surface area contributed by atoms with Crippen LogP contribution >= 0.6 is 0 Å². The van der Waals surface area contributed by atoms with Crippen LogP contribution in [0.15, 0.2) is 36.4 Å². The number of rotatable bonds is 9. The van der Waals surface area contributed by atoms with Crippen LogP contribution in [-0.4, -0.2) is 61.4 Å². The van der Waals surface area contributed by atoms with Crippen molar-refractivity contribution in [1.29, 1.82) is 10.5 Å². The molecule has 2 atom stereocenters. The summed E-state index contributed by atoms with van der Waals surface area (Å²) in [7, 11) is 0. The zero-order valence-corrected chi connectivity index (χ0v) is 23.1. The molecular formula is C30H34F2N6O4. The first-order valence-corrected chi connectivity index (χ1v) is 13.8. The van der Waals surface area contributed by atoms with Crippen molar-refractivity contribution in [1.82, 2.24) is 10.6 Å². The largest absolute Gasteiger partial charge is 0.381 e. The van der Waals surface area contributed by atoms with E-state index in [-0.39, 0.29) is 24.0 Å². The number of nitriles is 2. The summed E-state index contributed by atoms with van der Waals surface area (Å²) in [6.07, 6.45) is 1.15. The summed E-state index contributed by atoms with van der Waals surface area (Å²) in [5.74, 6) is -2.18. The smallest absolute Gasteiger partial charge is 0.241 e. The third-order valence-electron chi connectivity index (χ3n) is 7.88. The molecule has 42 heavy (non-hydrogen) atoms.